The van der Waals surface area contributed by atoms with E-state index in [-0.39, 0.29) is 11.6 Å². The molecular formula is C14H19FN2O. The van der Waals surface area contributed by atoms with Gasteiger partial charge in [-0.2, -0.15) is 4.39 Å². The van der Waals surface area contributed by atoms with Gasteiger partial charge in [0.05, 0.1) is 0 Å². The van der Waals surface area contributed by atoms with E-state index < -0.39 is 5.95 Å². The van der Waals surface area contributed by atoms with Crippen molar-refractivity contribution in [3.05, 3.63) is 29.8 Å². The lowest BCUT2D eigenvalue weighted by Gasteiger charge is -2.09. The highest BCUT2D eigenvalue weighted by Crippen LogP contribution is 2.28. The van der Waals surface area contributed by atoms with Crippen LogP contribution in [0.3, 0.4) is 0 Å². The molecule has 0 spiro atoms. The van der Waals surface area contributed by atoms with E-state index in [9.17, 15) is 9.18 Å². The number of halogens is 1. The van der Waals surface area contributed by atoms with Crippen LogP contribution in [-0.4, -0.2) is 17.4 Å². The van der Waals surface area contributed by atoms with Gasteiger partial charge in [-0.05, 0) is 30.9 Å². The van der Waals surface area contributed by atoms with Crippen LogP contribution >= 0.6 is 0 Å². The van der Waals surface area contributed by atoms with E-state index >= 15 is 0 Å². The highest BCUT2D eigenvalue weighted by Gasteiger charge is 2.14. The van der Waals surface area contributed by atoms with Crippen LogP contribution in [0.25, 0.3) is 0 Å². The van der Waals surface area contributed by atoms with Crippen molar-refractivity contribution in [1.82, 2.24) is 10.3 Å². The third kappa shape index (κ3) is 3.79. The van der Waals surface area contributed by atoms with Crippen molar-refractivity contribution in [2.24, 2.45) is 5.92 Å². The van der Waals surface area contributed by atoms with E-state index in [1.807, 2.05) is 0 Å². The molecule has 0 aromatic carbocycles. The first-order valence-electron chi connectivity index (χ1n) is 6.66. The molecule has 1 aliphatic rings. The monoisotopic (exact) mass is 250 g/mol. The quantitative estimate of drug-likeness (QED) is 0.645. The lowest BCUT2D eigenvalue weighted by Crippen LogP contribution is -2.25. The maximum Gasteiger partial charge on any atom is 0.269 e. The van der Waals surface area contributed by atoms with Crippen molar-refractivity contribution < 1.29 is 9.18 Å². The zero-order valence-electron chi connectivity index (χ0n) is 10.5. The third-order valence-electron chi connectivity index (χ3n) is 3.50. The first-order chi connectivity index (χ1) is 8.75. The maximum absolute atomic E-state index is 12.8. The number of rotatable bonds is 5. The molecule has 0 saturated heterocycles. The van der Waals surface area contributed by atoms with E-state index in [0.717, 1.165) is 12.3 Å². The van der Waals surface area contributed by atoms with Crippen LogP contribution in [-0.2, 0) is 0 Å². The fourth-order valence-corrected chi connectivity index (χ4v) is 2.52. The fourth-order valence-electron chi connectivity index (χ4n) is 2.52. The van der Waals surface area contributed by atoms with E-state index in [0.29, 0.717) is 6.54 Å². The lowest BCUT2D eigenvalue weighted by molar-refractivity contribution is 0.0946. The highest BCUT2D eigenvalue weighted by atomic mass is 19.1. The van der Waals surface area contributed by atoms with Crippen LogP contribution in [0, 0.1) is 11.9 Å². The van der Waals surface area contributed by atoms with Gasteiger partial charge in [0.15, 0.2) is 0 Å². The molecule has 3 nitrogen and oxygen atoms in total. The van der Waals surface area contributed by atoms with Crippen LogP contribution < -0.4 is 5.32 Å². The van der Waals surface area contributed by atoms with Crippen LogP contribution in [0.4, 0.5) is 4.39 Å². The Kier molecular flexibility index (Phi) is 4.67. The van der Waals surface area contributed by atoms with E-state index in [1.165, 1.54) is 50.3 Å². The van der Waals surface area contributed by atoms with E-state index in [1.54, 1.807) is 0 Å². The van der Waals surface area contributed by atoms with Gasteiger partial charge in [0.1, 0.15) is 5.69 Å². The Morgan fingerprint density at radius 3 is 2.89 bits per heavy atom. The zero-order valence-corrected chi connectivity index (χ0v) is 10.5. The number of nitrogens with one attached hydrogen (secondary N) is 1. The molecule has 1 fully saturated rings. The highest BCUT2D eigenvalue weighted by molar-refractivity contribution is 5.92. The number of aromatic nitrogens is 1. The average molecular weight is 250 g/mol. The Balaban J connectivity index is 1.68. The summed E-state index contributed by atoms with van der Waals surface area (Å²) in [6, 6.07) is 4.25. The summed E-state index contributed by atoms with van der Waals surface area (Å²) in [6.45, 7) is 0.646. The van der Waals surface area contributed by atoms with Crippen LogP contribution in [0.1, 0.15) is 49.0 Å². The summed E-state index contributed by atoms with van der Waals surface area (Å²) in [6.07, 6.45) is 7.54. The molecule has 98 valence electrons. The number of hydrogen-bond acceptors (Lipinski definition) is 2. The minimum Gasteiger partial charge on any atom is -0.351 e. The predicted octanol–water partition coefficient (Wildman–Crippen LogP) is 2.92. The molecule has 18 heavy (non-hydrogen) atoms. The normalized spacial score (nSPS) is 15.8. The van der Waals surface area contributed by atoms with E-state index in [2.05, 4.69) is 10.3 Å². The number of carbonyl (C=O) groups excluding carboxylic acids is 1. The molecule has 1 aromatic heterocycles. The van der Waals surface area contributed by atoms with Crippen molar-refractivity contribution in [3.63, 3.8) is 0 Å². The molecule has 0 unspecified atom stereocenters. The zero-order chi connectivity index (χ0) is 12.8. The molecule has 0 atom stereocenters. The summed E-state index contributed by atoms with van der Waals surface area (Å²) in [5.74, 6) is -0.0660. The number of nitrogens with zero attached hydrogens (tertiary/aromatic N) is 1. The molecule has 0 bridgehead atoms. The third-order valence-corrected chi connectivity index (χ3v) is 3.50. The van der Waals surface area contributed by atoms with Crippen LogP contribution in [0.2, 0.25) is 0 Å². The topological polar surface area (TPSA) is 42.0 Å². The van der Waals surface area contributed by atoms with Crippen LogP contribution in [0.5, 0.6) is 0 Å². The molecule has 1 saturated carbocycles. The molecule has 1 aromatic rings. The summed E-state index contributed by atoms with van der Waals surface area (Å²) in [4.78, 5) is 15.2. The maximum atomic E-state index is 12.8. The molecule has 1 aliphatic carbocycles. The Morgan fingerprint density at radius 2 is 2.17 bits per heavy atom. The van der Waals surface area contributed by atoms with Gasteiger partial charge in [-0.25, -0.2) is 4.98 Å². The van der Waals surface area contributed by atoms with Gasteiger partial charge in [0.2, 0.25) is 5.95 Å². The first-order valence-corrected chi connectivity index (χ1v) is 6.66. The largest absolute Gasteiger partial charge is 0.351 e. The van der Waals surface area contributed by atoms with Crippen molar-refractivity contribution in [1.29, 1.82) is 0 Å². The van der Waals surface area contributed by atoms with Gasteiger partial charge in [-0.3, -0.25) is 4.79 Å². The SMILES string of the molecule is O=C(NCCCC1CCCC1)c1cccc(F)n1. The van der Waals surface area contributed by atoms with Gasteiger partial charge < -0.3 is 5.32 Å². The molecule has 4 heteroatoms. The van der Waals surface area contributed by atoms with Gasteiger partial charge in [-0.1, -0.05) is 31.7 Å². The van der Waals surface area contributed by atoms with Gasteiger partial charge in [0.25, 0.3) is 5.91 Å². The Hall–Kier alpha value is -1.45. The van der Waals surface area contributed by atoms with Crippen LogP contribution in [0.15, 0.2) is 18.2 Å². The van der Waals surface area contributed by atoms with Crippen molar-refractivity contribution in [2.45, 2.75) is 38.5 Å². The predicted molar refractivity (Wildman–Crippen MR) is 67.7 cm³/mol. The minimum atomic E-state index is -0.617. The van der Waals surface area contributed by atoms with E-state index in [4.69, 9.17) is 0 Å². The first kappa shape index (κ1) is 13.0. The summed E-state index contributed by atoms with van der Waals surface area (Å²) < 4.78 is 12.8. The van der Waals surface area contributed by atoms with Gasteiger partial charge in [0, 0.05) is 6.54 Å². The van der Waals surface area contributed by atoms with Crippen molar-refractivity contribution >= 4 is 5.91 Å². The van der Waals surface area contributed by atoms with Crippen molar-refractivity contribution in [2.75, 3.05) is 6.54 Å². The molecule has 2 rings (SSSR count). The second kappa shape index (κ2) is 6.47. The summed E-state index contributed by atoms with van der Waals surface area (Å²) in [5.41, 5.74) is 0.149. The fraction of sp³-hybridized carbons (Fsp3) is 0.571. The molecule has 1 amide bonds. The molecule has 0 radical (unpaired) electrons. The lowest BCUT2D eigenvalue weighted by atomic mass is 10.0. The van der Waals surface area contributed by atoms with Crippen molar-refractivity contribution in [3.8, 4) is 0 Å². The Morgan fingerprint density at radius 1 is 1.39 bits per heavy atom. The number of pyridine rings is 1. The summed E-state index contributed by atoms with van der Waals surface area (Å²) in [5, 5.41) is 2.78. The number of amides is 1. The number of carbonyl (C=O) groups is 1. The van der Waals surface area contributed by atoms with Gasteiger partial charge >= 0.3 is 0 Å². The second-order valence-electron chi connectivity index (χ2n) is 4.89. The second-order valence-corrected chi connectivity index (χ2v) is 4.89. The molecule has 0 aliphatic heterocycles. The molecular weight excluding hydrogens is 231 g/mol. The average Bonchev–Trinajstić information content (AvgIpc) is 2.87. The molecule has 1 N–H and O–H groups in total. The standard InChI is InChI=1S/C14H19FN2O/c15-13-9-3-8-12(17-13)14(18)16-10-4-7-11-5-1-2-6-11/h3,8-9,11H,1-2,4-7,10H2,(H,16,18). The molecule has 1 heterocycles. The summed E-state index contributed by atoms with van der Waals surface area (Å²) >= 11 is 0. The smallest absolute Gasteiger partial charge is 0.269 e. The summed E-state index contributed by atoms with van der Waals surface area (Å²) in [7, 11) is 0. The minimum absolute atomic E-state index is 0.149. The Bertz CT molecular complexity index is 403. The number of hydrogen-bond donors (Lipinski definition) is 1. The van der Waals surface area contributed by atoms with Gasteiger partial charge in [-0.15, -0.1) is 0 Å². The Labute approximate surface area is 107 Å².